The maximum Gasteiger partial charge on any atom is 0.239 e. The van der Waals surface area contributed by atoms with Gasteiger partial charge in [0.2, 0.25) is 5.91 Å². The Labute approximate surface area is 139 Å². The van der Waals surface area contributed by atoms with Crippen molar-refractivity contribution in [3.8, 4) is 0 Å². The van der Waals surface area contributed by atoms with Gasteiger partial charge in [-0.05, 0) is 32.0 Å². The van der Waals surface area contributed by atoms with Crippen molar-refractivity contribution in [1.82, 2.24) is 9.80 Å². The Morgan fingerprint density at radius 3 is 1.87 bits per heavy atom. The molecule has 3 heteroatoms. The molecular weight excluding hydrogens is 284 g/mol. The van der Waals surface area contributed by atoms with Crippen LogP contribution in [0.4, 0.5) is 0 Å². The van der Waals surface area contributed by atoms with Crippen molar-refractivity contribution in [2.45, 2.75) is 33.0 Å². The highest BCUT2D eigenvalue weighted by atomic mass is 16.2. The Bertz CT molecular complexity index is 598. The summed E-state index contributed by atoms with van der Waals surface area (Å²) in [7, 11) is 2.01. The number of carbonyl (C=O) groups is 1. The number of rotatable bonds is 7. The predicted molar refractivity (Wildman–Crippen MR) is 94.9 cm³/mol. The van der Waals surface area contributed by atoms with Crippen LogP contribution in [0, 0.1) is 0 Å². The van der Waals surface area contributed by atoms with Gasteiger partial charge in [-0.3, -0.25) is 9.69 Å². The molecule has 122 valence electrons. The molecule has 1 atom stereocenters. The molecule has 0 aromatic heterocycles. The lowest BCUT2D eigenvalue weighted by molar-refractivity contribution is -0.136. The Hall–Kier alpha value is -2.13. The first-order chi connectivity index (χ1) is 11.1. The third-order valence-corrected chi connectivity index (χ3v) is 4.20. The van der Waals surface area contributed by atoms with Gasteiger partial charge in [0.25, 0.3) is 0 Å². The van der Waals surface area contributed by atoms with E-state index in [4.69, 9.17) is 0 Å². The number of hydrogen-bond acceptors (Lipinski definition) is 2. The number of amides is 1. The quantitative estimate of drug-likeness (QED) is 0.781. The number of carbonyl (C=O) groups excluding carboxylic acids is 1. The van der Waals surface area contributed by atoms with E-state index >= 15 is 0 Å². The molecular formula is C20H26N2O. The van der Waals surface area contributed by atoms with E-state index in [0.717, 1.165) is 13.1 Å². The molecule has 0 aliphatic heterocycles. The van der Waals surface area contributed by atoms with Crippen LogP contribution in [0.15, 0.2) is 60.7 Å². The van der Waals surface area contributed by atoms with Gasteiger partial charge >= 0.3 is 0 Å². The highest BCUT2D eigenvalue weighted by Gasteiger charge is 2.23. The zero-order valence-electron chi connectivity index (χ0n) is 14.3. The van der Waals surface area contributed by atoms with Crippen molar-refractivity contribution in [2.24, 2.45) is 0 Å². The molecule has 23 heavy (non-hydrogen) atoms. The number of nitrogens with zero attached hydrogens (tertiary/aromatic N) is 2. The highest BCUT2D eigenvalue weighted by molar-refractivity contribution is 5.81. The van der Waals surface area contributed by atoms with Gasteiger partial charge < -0.3 is 4.90 Å². The molecule has 2 aromatic rings. The molecule has 2 rings (SSSR count). The van der Waals surface area contributed by atoms with Crippen LogP contribution in [0.1, 0.15) is 25.0 Å². The Morgan fingerprint density at radius 2 is 1.39 bits per heavy atom. The van der Waals surface area contributed by atoms with Crippen LogP contribution in [0.5, 0.6) is 0 Å². The van der Waals surface area contributed by atoms with Gasteiger partial charge in [-0.2, -0.15) is 0 Å². The Morgan fingerprint density at radius 1 is 0.913 bits per heavy atom. The lowest BCUT2D eigenvalue weighted by Gasteiger charge is -2.30. The van der Waals surface area contributed by atoms with Crippen molar-refractivity contribution >= 4 is 5.91 Å². The lowest BCUT2D eigenvalue weighted by Crippen LogP contribution is -2.45. The van der Waals surface area contributed by atoms with E-state index in [2.05, 4.69) is 29.2 Å². The standard InChI is InChI=1S/C20H26N2O/c1-4-22(16-19-13-9-6-10-14-19)20(23)17(2)21(3)15-18-11-7-5-8-12-18/h5-14,17H,4,15-16H2,1-3H3. The second-order valence-electron chi connectivity index (χ2n) is 5.91. The fraction of sp³-hybridized carbons (Fsp3) is 0.350. The van der Waals surface area contributed by atoms with Crippen LogP contribution in [-0.2, 0) is 17.9 Å². The van der Waals surface area contributed by atoms with Crippen LogP contribution >= 0.6 is 0 Å². The number of likely N-dealkylation sites (N-methyl/N-ethyl adjacent to an activating group) is 2. The molecule has 1 unspecified atom stereocenters. The summed E-state index contributed by atoms with van der Waals surface area (Å²) < 4.78 is 0. The summed E-state index contributed by atoms with van der Waals surface area (Å²) in [6.07, 6.45) is 0. The maximum absolute atomic E-state index is 12.8. The van der Waals surface area contributed by atoms with Gasteiger partial charge in [-0.25, -0.2) is 0 Å². The molecule has 0 aliphatic rings. The summed E-state index contributed by atoms with van der Waals surface area (Å²) in [5, 5.41) is 0. The summed E-state index contributed by atoms with van der Waals surface area (Å²) in [6, 6.07) is 20.3. The first-order valence-electron chi connectivity index (χ1n) is 8.18. The van der Waals surface area contributed by atoms with Gasteiger partial charge in [-0.1, -0.05) is 60.7 Å². The van der Waals surface area contributed by atoms with Crippen molar-refractivity contribution in [1.29, 1.82) is 0 Å². The molecule has 0 heterocycles. The van der Waals surface area contributed by atoms with Gasteiger partial charge in [-0.15, -0.1) is 0 Å². The van der Waals surface area contributed by atoms with Crippen molar-refractivity contribution in [2.75, 3.05) is 13.6 Å². The molecule has 0 spiro atoms. The monoisotopic (exact) mass is 310 g/mol. The summed E-state index contributed by atoms with van der Waals surface area (Å²) in [6.45, 7) is 6.18. The SMILES string of the molecule is CCN(Cc1ccccc1)C(=O)C(C)N(C)Cc1ccccc1. The second-order valence-corrected chi connectivity index (χ2v) is 5.91. The van der Waals surface area contributed by atoms with E-state index in [0.29, 0.717) is 6.54 Å². The average Bonchev–Trinajstić information content (AvgIpc) is 2.60. The van der Waals surface area contributed by atoms with E-state index in [-0.39, 0.29) is 11.9 Å². The zero-order valence-corrected chi connectivity index (χ0v) is 14.3. The highest BCUT2D eigenvalue weighted by Crippen LogP contribution is 2.11. The second kappa shape index (κ2) is 8.49. The van der Waals surface area contributed by atoms with E-state index in [9.17, 15) is 4.79 Å². The predicted octanol–water partition coefficient (Wildman–Crippen LogP) is 3.56. The number of benzene rings is 2. The zero-order chi connectivity index (χ0) is 16.7. The van der Waals surface area contributed by atoms with E-state index in [1.54, 1.807) is 0 Å². The summed E-state index contributed by atoms with van der Waals surface area (Å²) in [5.41, 5.74) is 2.39. The van der Waals surface area contributed by atoms with Crippen LogP contribution in [0.2, 0.25) is 0 Å². The minimum absolute atomic E-state index is 0.140. The third-order valence-electron chi connectivity index (χ3n) is 4.20. The minimum atomic E-state index is -0.140. The molecule has 0 saturated heterocycles. The summed E-state index contributed by atoms with van der Waals surface area (Å²) in [5.74, 6) is 0.176. The first-order valence-corrected chi connectivity index (χ1v) is 8.18. The van der Waals surface area contributed by atoms with E-state index in [1.165, 1.54) is 11.1 Å². The van der Waals surface area contributed by atoms with Crippen molar-refractivity contribution < 1.29 is 4.79 Å². The molecule has 0 aliphatic carbocycles. The van der Waals surface area contributed by atoms with Crippen molar-refractivity contribution in [3.63, 3.8) is 0 Å². The molecule has 0 fully saturated rings. The lowest BCUT2D eigenvalue weighted by atomic mass is 10.1. The molecule has 0 N–H and O–H groups in total. The Kier molecular flexibility index (Phi) is 6.36. The molecule has 3 nitrogen and oxygen atoms in total. The van der Waals surface area contributed by atoms with Gasteiger partial charge in [0.15, 0.2) is 0 Å². The summed E-state index contributed by atoms with van der Waals surface area (Å²) >= 11 is 0. The molecule has 0 bridgehead atoms. The molecule has 1 amide bonds. The van der Waals surface area contributed by atoms with Gasteiger partial charge in [0, 0.05) is 19.6 Å². The number of hydrogen-bond donors (Lipinski definition) is 0. The summed E-state index contributed by atoms with van der Waals surface area (Å²) in [4.78, 5) is 16.8. The first kappa shape index (κ1) is 17.2. The van der Waals surface area contributed by atoms with Crippen LogP contribution in [0.3, 0.4) is 0 Å². The normalized spacial score (nSPS) is 12.2. The fourth-order valence-electron chi connectivity index (χ4n) is 2.61. The fourth-order valence-corrected chi connectivity index (χ4v) is 2.61. The largest absolute Gasteiger partial charge is 0.337 e. The minimum Gasteiger partial charge on any atom is -0.337 e. The Balaban J connectivity index is 1.98. The topological polar surface area (TPSA) is 23.6 Å². The molecule has 0 radical (unpaired) electrons. The smallest absolute Gasteiger partial charge is 0.239 e. The van der Waals surface area contributed by atoms with Crippen molar-refractivity contribution in [3.05, 3.63) is 71.8 Å². The van der Waals surface area contributed by atoms with Crippen LogP contribution in [-0.4, -0.2) is 35.3 Å². The molecule has 0 saturated carbocycles. The molecule has 2 aromatic carbocycles. The van der Waals surface area contributed by atoms with E-state index in [1.807, 2.05) is 62.2 Å². The van der Waals surface area contributed by atoms with Gasteiger partial charge in [0.05, 0.1) is 6.04 Å². The van der Waals surface area contributed by atoms with Gasteiger partial charge in [0.1, 0.15) is 0 Å². The average molecular weight is 310 g/mol. The maximum atomic E-state index is 12.8. The third kappa shape index (κ3) is 4.93. The van der Waals surface area contributed by atoms with E-state index < -0.39 is 0 Å². The van der Waals surface area contributed by atoms with Crippen LogP contribution in [0.25, 0.3) is 0 Å². The van der Waals surface area contributed by atoms with Crippen LogP contribution < -0.4 is 0 Å².